The van der Waals surface area contributed by atoms with Gasteiger partial charge in [-0.25, -0.2) is 8.42 Å². The SMILES string of the molecule is C=CCN(CC=C)S(=O)(=O)CBr. The van der Waals surface area contributed by atoms with E-state index in [0.29, 0.717) is 13.1 Å². The Bertz CT molecular complexity index is 238. The fraction of sp³-hybridized carbons (Fsp3) is 0.429. The van der Waals surface area contributed by atoms with Crippen LogP contribution in [0.2, 0.25) is 0 Å². The van der Waals surface area contributed by atoms with Crippen molar-refractivity contribution >= 4 is 26.0 Å². The van der Waals surface area contributed by atoms with E-state index in [9.17, 15) is 8.42 Å². The fourth-order valence-corrected chi connectivity index (χ4v) is 2.33. The molecule has 0 fully saturated rings. The topological polar surface area (TPSA) is 37.4 Å². The van der Waals surface area contributed by atoms with Gasteiger partial charge in [0.2, 0.25) is 10.0 Å². The van der Waals surface area contributed by atoms with E-state index in [1.165, 1.54) is 4.31 Å². The molecule has 0 amide bonds. The van der Waals surface area contributed by atoms with Crippen LogP contribution in [0.3, 0.4) is 0 Å². The van der Waals surface area contributed by atoms with E-state index in [4.69, 9.17) is 0 Å². The predicted molar refractivity (Wildman–Crippen MR) is 54.7 cm³/mol. The second-order valence-corrected chi connectivity index (χ2v) is 5.39. The third kappa shape index (κ3) is 3.51. The molecule has 0 saturated carbocycles. The van der Waals surface area contributed by atoms with E-state index in [2.05, 4.69) is 29.1 Å². The Kier molecular flexibility index (Phi) is 5.44. The van der Waals surface area contributed by atoms with Gasteiger partial charge in [0.05, 0.1) is 0 Å². The highest BCUT2D eigenvalue weighted by molar-refractivity contribution is 9.10. The molecule has 0 spiro atoms. The van der Waals surface area contributed by atoms with E-state index < -0.39 is 10.0 Å². The van der Waals surface area contributed by atoms with Crippen LogP contribution in [-0.2, 0) is 10.0 Å². The van der Waals surface area contributed by atoms with Crippen LogP contribution in [0.4, 0.5) is 0 Å². The first-order valence-corrected chi connectivity index (χ1v) is 6.07. The van der Waals surface area contributed by atoms with Gasteiger partial charge in [0.15, 0.2) is 0 Å². The van der Waals surface area contributed by atoms with Gasteiger partial charge in [-0.15, -0.1) is 13.2 Å². The average Bonchev–Trinajstić information content (AvgIpc) is 2.04. The highest BCUT2D eigenvalue weighted by atomic mass is 79.9. The van der Waals surface area contributed by atoms with Crippen LogP contribution in [0, 0.1) is 0 Å². The summed E-state index contributed by atoms with van der Waals surface area (Å²) in [4.78, 5) is 0. The van der Waals surface area contributed by atoms with Crippen molar-refractivity contribution in [3.8, 4) is 0 Å². The second kappa shape index (κ2) is 5.50. The molecule has 0 aliphatic rings. The maximum absolute atomic E-state index is 11.3. The van der Waals surface area contributed by atoms with Crippen LogP contribution in [0.25, 0.3) is 0 Å². The van der Waals surface area contributed by atoms with Crippen molar-refractivity contribution in [1.29, 1.82) is 0 Å². The first-order valence-electron chi connectivity index (χ1n) is 3.34. The Hall–Kier alpha value is -0.130. The zero-order chi connectivity index (χ0) is 9.61. The molecule has 0 unspecified atom stereocenters. The minimum atomic E-state index is -3.18. The Balaban J connectivity index is 4.48. The van der Waals surface area contributed by atoms with Crippen molar-refractivity contribution < 1.29 is 8.42 Å². The van der Waals surface area contributed by atoms with Crippen molar-refractivity contribution in [2.24, 2.45) is 0 Å². The molecular formula is C7H12BrNO2S. The van der Waals surface area contributed by atoms with Gasteiger partial charge < -0.3 is 0 Å². The van der Waals surface area contributed by atoms with Crippen LogP contribution in [0.15, 0.2) is 25.3 Å². The molecule has 0 aromatic heterocycles. The lowest BCUT2D eigenvalue weighted by Gasteiger charge is -2.16. The van der Waals surface area contributed by atoms with Crippen molar-refractivity contribution in [2.45, 2.75) is 0 Å². The summed E-state index contributed by atoms with van der Waals surface area (Å²) in [5.74, 6) is 0. The maximum Gasteiger partial charge on any atom is 0.224 e. The largest absolute Gasteiger partial charge is 0.224 e. The molecule has 0 aliphatic heterocycles. The molecule has 0 radical (unpaired) electrons. The van der Waals surface area contributed by atoms with Gasteiger partial charge in [-0.1, -0.05) is 28.1 Å². The van der Waals surface area contributed by atoms with Crippen LogP contribution >= 0.6 is 15.9 Å². The molecule has 3 nitrogen and oxygen atoms in total. The van der Waals surface area contributed by atoms with E-state index >= 15 is 0 Å². The quantitative estimate of drug-likeness (QED) is 0.530. The van der Waals surface area contributed by atoms with Gasteiger partial charge >= 0.3 is 0 Å². The van der Waals surface area contributed by atoms with E-state index in [-0.39, 0.29) is 4.66 Å². The zero-order valence-electron chi connectivity index (χ0n) is 6.74. The summed E-state index contributed by atoms with van der Waals surface area (Å²) in [6.07, 6.45) is 3.09. The highest BCUT2D eigenvalue weighted by Crippen LogP contribution is 2.04. The number of alkyl halides is 1. The number of halogens is 1. The lowest BCUT2D eigenvalue weighted by atomic mass is 10.5. The first kappa shape index (κ1) is 11.9. The summed E-state index contributed by atoms with van der Waals surface area (Å²) < 4.78 is 23.8. The van der Waals surface area contributed by atoms with Gasteiger partial charge in [0.1, 0.15) is 4.66 Å². The Morgan fingerprint density at radius 1 is 1.25 bits per heavy atom. The Morgan fingerprint density at radius 2 is 1.67 bits per heavy atom. The monoisotopic (exact) mass is 253 g/mol. The number of rotatable bonds is 6. The van der Waals surface area contributed by atoms with Crippen molar-refractivity contribution in [3.63, 3.8) is 0 Å². The van der Waals surface area contributed by atoms with Gasteiger partial charge in [-0.2, -0.15) is 4.31 Å². The summed E-state index contributed by atoms with van der Waals surface area (Å²) in [6.45, 7) is 7.59. The molecule has 5 heteroatoms. The molecule has 0 aromatic rings. The lowest BCUT2D eigenvalue weighted by Crippen LogP contribution is -2.31. The highest BCUT2D eigenvalue weighted by Gasteiger charge is 2.17. The van der Waals surface area contributed by atoms with Crippen molar-refractivity contribution in [2.75, 3.05) is 17.8 Å². The summed E-state index contributed by atoms with van der Waals surface area (Å²) in [6, 6.07) is 0. The third-order valence-electron chi connectivity index (χ3n) is 1.20. The van der Waals surface area contributed by atoms with Crippen LogP contribution in [-0.4, -0.2) is 30.5 Å². The standard InChI is InChI=1S/C7H12BrNO2S/c1-3-5-9(6-4-2)12(10,11)7-8/h3-4H,1-2,5-7H2. The molecule has 0 atom stereocenters. The molecule has 12 heavy (non-hydrogen) atoms. The third-order valence-corrected chi connectivity index (χ3v) is 4.29. The predicted octanol–water partition coefficient (Wildman–Crippen LogP) is 1.34. The molecular weight excluding hydrogens is 242 g/mol. The molecule has 0 saturated heterocycles. The molecule has 0 N–H and O–H groups in total. The van der Waals surface area contributed by atoms with Gasteiger partial charge in [0, 0.05) is 13.1 Å². The van der Waals surface area contributed by atoms with Gasteiger partial charge in [-0.05, 0) is 0 Å². The van der Waals surface area contributed by atoms with E-state index in [0.717, 1.165) is 0 Å². The average molecular weight is 254 g/mol. The molecule has 0 aromatic carbocycles. The summed E-state index contributed by atoms with van der Waals surface area (Å²) in [5, 5.41) is 0. The molecule has 0 aliphatic carbocycles. The zero-order valence-corrected chi connectivity index (χ0v) is 9.14. The van der Waals surface area contributed by atoms with Crippen LogP contribution in [0.5, 0.6) is 0 Å². The Morgan fingerprint density at radius 3 is 1.92 bits per heavy atom. The first-order chi connectivity index (χ1) is 5.58. The molecule has 0 heterocycles. The summed E-state index contributed by atoms with van der Waals surface area (Å²) in [5.41, 5.74) is 0. The van der Waals surface area contributed by atoms with E-state index in [1.54, 1.807) is 12.2 Å². The van der Waals surface area contributed by atoms with E-state index in [1.807, 2.05) is 0 Å². The summed E-state index contributed by atoms with van der Waals surface area (Å²) in [7, 11) is -3.18. The number of sulfonamides is 1. The minimum Gasteiger partial charge on any atom is -0.211 e. The van der Waals surface area contributed by atoms with Gasteiger partial charge in [-0.3, -0.25) is 0 Å². The lowest BCUT2D eigenvalue weighted by molar-refractivity contribution is 0.479. The smallest absolute Gasteiger partial charge is 0.211 e. The molecule has 70 valence electrons. The number of hydrogen-bond donors (Lipinski definition) is 0. The normalized spacial score (nSPS) is 11.5. The molecule has 0 bridgehead atoms. The maximum atomic E-state index is 11.3. The number of hydrogen-bond acceptors (Lipinski definition) is 2. The van der Waals surface area contributed by atoms with Crippen LogP contribution in [0.1, 0.15) is 0 Å². The fourth-order valence-electron chi connectivity index (χ4n) is 0.659. The van der Waals surface area contributed by atoms with Crippen molar-refractivity contribution in [3.05, 3.63) is 25.3 Å². The van der Waals surface area contributed by atoms with Crippen LogP contribution < -0.4 is 0 Å². The number of nitrogens with zero attached hydrogens (tertiary/aromatic N) is 1. The second-order valence-electron chi connectivity index (χ2n) is 2.12. The summed E-state index contributed by atoms with van der Waals surface area (Å²) >= 11 is 2.91. The minimum absolute atomic E-state index is 0.0678. The molecule has 0 rings (SSSR count). The van der Waals surface area contributed by atoms with Gasteiger partial charge in [0.25, 0.3) is 0 Å². The Labute approximate surface area is 81.9 Å². The van der Waals surface area contributed by atoms with Crippen molar-refractivity contribution in [1.82, 2.24) is 4.31 Å².